The van der Waals surface area contributed by atoms with Crippen molar-refractivity contribution in [2.24, 2.45) is 10.9 Å². The fourth-order valence-electron chi connectivity index (χ4n) is 3.40. The lowest BCUT2D eigenvalue weighted by Crippen LogP contribution is -2.47. The molecule has 0 saturated carbocycles. The van der Waals surface area contributed by atoms with Crippen molar-refractivity contribution >= 4 is 23.7 Å². The van der Waals surface area contributed by atoms with Gasteiger partial charge in [-0.25, -0.2) is 0 Å². The number of aliphatic imine (C=N–C) groups is 1. The van der Waals surface area contributed by atoms with Gasteiger partial charge in [0.2, 0.25) is 0 Å². The number of nitrogens with zero attached hydrogens (tertiary/aromatic N) is 2. The third-order valence-electron chi connectivity index (χ3n) is 5.10. The largest absolute Gasteiger partial charge is 0.466 e. The molecule has 2 fully saturated rings. The van der Waals surface area contributed by atoms with E-state index in [9.17, 15) is 4.79 Å². The maximum atomic E-state index is 11.9. The van der Waals surface area contributed by atoms with Crippen molar-refractivity contribution in [1.29, 1.82) is 0 Å². The second-order valence-corrected chi connectivity index (χ2v) is 7.96. The maximum absolute atomic E-state index is 11.9. The molecule has 0 aliphatic carbocycles. The lowest BCUT2D eigenvalue weighted by molar-refractivity contribution is -0.149. The summed E-state index contributed by atoms with van der Waals surface area (Å²) in [5.74, 6) is 0.962. The molecule has 0 unspecified atom stereocenters. The van der Waals surface area contributed by atoms with E-state index >= 15 is 0 Å². The molecule has 2 saturated heterocycles. The molecule has 0 bridgehead atoms. The molecule has 0 aromatic heterocycles. The van der Waals surface area contributed by atoms with Crippen LogP contribution in [0, 0.1) is 5.92 Å². The molecule has 0 radical (unpaired) electrons. The van der Waals surface area contributed by atoms with Gasteiger partial charge in [-0.05, 0) is 45.8 Å². The van der Waals surface area contributed by atoms with Crippen LogP contribution in [0.4, 0.5) is 0 Å². The van der Waals surface area contributed by atoms with Gasteiger partial charge >= 0.3 is 5.97 Å². The lowest BCUT2D eigenvalue weighted by Gasteiger charge is -2.36. The Bertz CT molecular complexity index is 445. The van der Waals surface area contributed by atoms with Crippen LogP contribution in [0.5, 0.6) is 0 Å². The standard InChI is InChI=1S/C18H33N3O3S/c1-4-19-17(20-14-18(25-3)8-12-23-13-9-18)21-10-6-15(7-11-21)16(22)24-5-2/h15H,4-14H2,1-3H3,(H,19,20). The summed E-state index contributed by atoms with van der Waals surface area (Å²) in [7, 11) is 0. The summed E-state index contributed by atoms with van der Waals surface area (Å²) >= 11 is 1.92. The highest BCUT2D eigenvalue weighted by atomic mass is 32.2. The minimum absolute atomic E-state index is 0.0344. The smallest absolute Gasteiger partial charge is 0.309 e. The number of carbonyl (C=O) groups excluding carboxylic acids is 1. The second kappa shape index (κ2) is 10.3. The Labute approximate surface area is 156 Å². The molecule has 2 rings (SSSR count). The number of esters is 1. The van der Waals surface area contributed by atoms with Crippen molar-refractivity contribution in [3.8, 4) is 0 Å². The SMILES string of the molecule is CCNC(=NCC1(SC)CCOCC1)N1CCC(C(=O)OCC)CC1. The average Bonchev–Trinajstić information content (AvgIpc) is 2.66. The Balaban J connectivity index is 1.94. The highest BCUT2D eigenvalue weighted by molar-refractivity contribution is 8.00. The predicted octanol–water partition coefficient (Wildman–Crippen LogP) is 2.14. The van der Waals surface area contributed by atoms with E-state index < -0.39 is 0 Å². The zero-order chi connectivity index (χ0) is 18.1. The van der Waals surface area contributed by atoms with Crippen LogP contribution in [0.1, 0.15) is 39.5 Å². The van der Waals surface area contributed by atoms with Gasteiger partial charge in [0.1, 0.15) is 0 Å². The van der Waals surface area contributed by atoms with Gasteiger partial charge in [0.05, 0.1) is 19.1 Å². The molecule has 0 aromatic rings. The topological polar surface area (TPSA) is 63.2 Å². The number of ether oxygens (including phenoxy) is 2. The van der Waals surface area contributed by atoms with Gasteiger partial charge in [-0.1, -0.05) is 0 Å². The third-order valence-corrected chi connectivity index (χ3v) is 6.51. The molecule has 0 amide bonds. The molecule has 144 valence electrons. The molecule has 7 heteroatoms. The molecule has 2 aliphatic heterocycles. The van der Waals surface area contributed by atoms with E-state index in [1.165, 1.54) is 0 Å². The molecule has 25 heavy (non-hydrogen) atoms. The molecule has 0 spiro atoms. The van der Waals surface area contributed by atoms with E-state index in [4.69, 9.17) is 14.5 Å². The zero-order valence-corrected chi connectivity index (χ0v) is 16.7. The van der Waals surface area contributed by atoms with Gasteiger partial charge in [0, 0.05) is 37.6 Å². The van der Waals surface area contributed by atoms with Gasteiger partial charge in [-0.15, -0.1) is 0 Å². The molecule has 0 atom stereocenters. The number of likely N-dealkylation sites (tertiary alicyclic amines) is 1. The highest BCUT2D eigenvalue weighted by Gasteiger charge is 2.32. The van der Waals surface area contributed by atoms with Crippen LogP contribution < -0.4 is 5.32 Å². The first-order valence-corrected chi connectivity index (χ1v) is 10.7. The molecule has 1 N–H and O–H groups in total. The highest BCUT2D eigenvalue weighted by Crippen LogP contribution is 2.34. The van der Waals surface area contributed by atoms with Gasteiger partial charge in [0.25, 0.3) is 0 Å². The van der Waals surface area contributed by atoms with Crippen LogP contribution in [0.25, 0.3) is 0 Å². The van der Waals surface area contributed by atoms with Crippen LogP contribution in [-0.4, -0.2) is 73.8 Å². The fraction of sp³-hybridized carbons (Fsp3) is 0.889. The van der Waals surface area contributed by atoms with Crippen LogP contribution in [-0.2, 0) is 14.3 Å². The summed E-state index contributed by atoms with van der Waals surface area (Å²) in [5.41, 5.74) is 0. The Morgan fingerprint density at radius 1 is 1.32 bits per heavy atom. The van der Waals surface area contributed by atoms with Gasteiger partial charge in [-0.2, -0.15) is 11.8 Å². The first-order chi connectivity index (χ1) is 12.1. The summed E-state index contributed by atoms with van der Waals surface area (Å²) in [5, 5.41) is 3.42. The van der Waals surface area contributed by atoms with Crippen molar-refractivity contribution in [2.45, 2.75) is 44.3 Å². The summed E-state index contributed by atoms with van der Waals surface area (Å²) in [4.78, 5) is 19.1. The Morgan fingerprint density at radius 3 is 2.56 bits per heavy atom. The van der Waals surface area contributed by atoms with Crippen LogP contribution >= 0.6 is 11.8 Å². The number of piperidine rings is 1. The third kappa shape index (κ3) is 5.78. The Kier molecular flexibility index (Phi) is 8.36. The number of rotatable bonds is 6. The molecular formula is C18H33N3O3S. The van der Waals surface area contributed by atoms with Crippen LogP contribution in [0.15, 0.2) is 4.99 Å². The van der Waals surface area contributed by atoms with Crippen molar-refractivity contribution in [1.82, 2.24) is 10.2 Å². The fourth-order valence-corrected chi connectivity index (χ4v) is 4.17. The van der Waals surface area contributed by atoms with Gasteiger partial charge in [0.15, 0.2) is 5.96 Å². The summed E-state index contributed by atoms with van der Waals surface area (Å²) in [6, 6.07) is 0. The van der Waals surface area contributed by atoms with Gasteiger partial charge < -0.3 is 19.7 Å². The van der Waals surface area contributed by atoms with Crippen molar-refractivity contribution in [2.75, 3.05) is 52.3 Å². The Morgan fingerprint density at radius 2 is 2.00 bits per heavy atom. The molecule has 2 heterocycles. The van der Waals surface area contributed by atoms with Crippen molar-refractivity contribution in [3.63, 3.8) is 0 Å². The summed E-state index contributed by atoms with van der Waals surface area (Å²) in [6.45, 7) is 9.46. The minimum Gasteiger partial charge on any atom is -0.466 e. The van der Waals surface area contributed by atoms with E-state index in [1.54, 1.807) is 0 Å². The van der Waals surface area contributed by atoms with E-state index in [1.807, 2.05) is 18.7 Å². The van der Waals surface area contributed by atoms with E-state index in [0.717, 1.165) is 71.0 Å². The van der Waals surface area contributed by atoms with E-state index in [-0.39, 0.29) is 16.6 Å². The number of hydrogen-bond acceptors (Lipinski definition) is 5. The van der Waals surface area contributed by atoms with E-state index in [2.05, 4.69) is 23.4 Å². The normalized spacial score (nSPS) is 21.9. The molecular weight excluding hydrogens is 338 g/mol. The van der Waals surface area contributed by atoms with Crippen LogP contribution in [0.3, 0.4) is 0 Å². The predicted molar refractivity (Wildman–Crippen MR) is 103 cm³/mol. The van der Waals surface area contributed by atoms with E-state index in [0.29, 0.717) is 6.61 Å². The first kappa shape index (κ1) is 20.4. The second-order valence-electron chi connectivity index (χ2n) is 6.68. The maximum Gasteiger partial charge on any atom is 0.309 e. The van der Waals surface area contributed by atoms with Crippen molar-refractivity contribution < 1.29 is 14.3 Å². The summed E-state index contributed by atoms with van der Waals surface area (Å²) in [6.07, 6.45) is 5.97. The average molecular weight is 372 g/mol. The quantitative estimate of drug-likeness (QED) is 0.438. The van der Waals surface area contributed by atoms with Crippen LogP contribution in [0.2, 0.25) is 0 Å². The lowest BCUT2D eigenvalue weighted by atomic mass is 9.97. The zero-order valence-electron chi connectivity index (χ0n) is 15.9. The number of carbonyl (C=O) groups is 1. The monoisotopic (exact) mass is 371 g/mol. The molecule has 6 nitrogen and oxygen atoms in total. The Hall–Kier alpha value is -0.950. The minimum atomic E-state index is -0.0485. The molecule has 0 aromatic carbocycles. The number of nitrogens with one attached hydrogen (secondary N) is 1. The summed E-state index contributed by atoms with van der Waals surface area (Å²) < 4.78 is 10.9. The van der Waals surface area contributed by atoms with Crippen molar-refractivity contribution in [3.05, 3.63) is 0 Å². The number of thioether (sulfide) groups is 1. The van der Waals surface area contributed by atoms with Gasteiger partial charge in [-0.3, -0.25) is 9.79 Å². The molecule has 2 aliphatic rings. The number of guanidine groups is 1. The number of hydrogen-bond donors (Lipinski definition) is 1. The first-order valence-electron chi connectivity index (χ1n) is 9.47.